The summed E-state index contributed by atoms with van der Waals surface area (Å²) in [6.07, 6.45) is 0. The van der Waals surface area contributed by atoms with E-state index in [2.05, 4.69) is 12.2 Å². The first-order valence-corrected chi connectivity index (χ1v) is 10.6. The largest absolute Gasteiger partial charge is 0.333 e. The molecule has 0 saturated heterocycles. The van der Waals surface area contributed by atoms with E-state index in [1.54, 1.807) is 12.1 Å². The van der Waals surface area contributed by atoms with E-state index in [-0.39, 0.29) is 23.4 Å². The van der Waals surface area contributed by atoms with Crippen molar-refractivity contribution in [2.75, 3.05) is 25.0 Å². The van der Waals surface area contributed by atoms with Crippen LogP contribution in [0.4, 0.5) is 5.69 Å². The lowest BCUT2D eigenvalue weighted by molar-refractivity contribution is -0.682. The van der Waals surface area contributed by atoms with E-state index in [4.69, 9.17) is 0 Å². The third-order valence-electron chi connectivity index (χ3n) is 4.46. The summed E-state index contributed by atoms with van der Waals surface area (Å²) < 4.78 is 26.4. The van der Waals surface area contributed by atoms with E-state index in [1.165, 1.54) is 16.4 Å². The molecule has 0 bridgehead atoms. The van der Waals surface area contributed by atoms with Gasteiger partial charge in [0.25, 0.3) is 5.91 Å². The fraction of sp³-hybridized carbons (Fsp3) is 0.350. The summed E-state index contributed by atoms with van der Waals surface area (Å²) in [5.41, 5.74) is 1.75. The molecule has 0 aliphatic heterocycles. The minimum Gasteiger partial charge on any atom is -0.333 e. The van der Waals surface area contributed by atoms with Gasteiger partial charge in [-0.25, -0.2) is 8.42 Å². The van der Waals surface area contributed by atoms with Gasteiger partial charge in [-0.05, 0) is 31.2 Å². The smallest absolute Gasteiger partial charge is 0.279 e. The highest BCUT2D eigenvalue weighted by molar-refractivity contribution is 7.89. The second-order valence-corrected chi connectivity index (χ2v) is 8.24. The Balaban J connectivity index is 1.93. The number of nitrogens with one attached hydrogen (secondary N) is 1. The summed E-state index contributed by atoms with van der Waals surface area (Å²) in [6, 6.07) is 16.5. The van der Waals surface area contributed by atoms with Gasteiger partial charge in [-0.15, -0.1) is 0 Å². The Morgan fingerprint density at radius 2 is 1.63 bits per heavy atom. The van der Waals surface area contributed by atoms with Crippen molar-refractivity contribution in [1.29, 1.82) is 0 Å². The average Bonchev–Trinajstić information content (AvgIpc) is 2.68. The van der Waals surface area contributed by atoms with Crippen LogP contribution < -0.4 is 10.6 Å². The summed E-state index contributed by atoms with van der Waals surface area (Å²) in [7, 11) is -3.48. The van der Waals surface area contributed by atoms with Crippen molar-refractivity contribution in [1.82, 2.24) is 4.31 Å². The van der Waals surface area contributed by atoms with Crippen LogP contribution >= 0.6 is 0 Å². The lowest BCUT2D eigenvalue weighted by Gasteiger charge is -2.18. The number of amides is 1. The number of carbonyl (C=O) groups excluding carboxylic acids is 1. The molecule has 0 spiro atoms. The lowest BCUT2D eigenvalue weighted by Crippen LogP contribution is -2.86. The summed E-state index contributed by atoms with van der Waals surface area (Å²) in [6.45, 7) is 6.80. The summed E-state index contributed by atoms with van der Waals surface area (Å²) in [5.74, 6) is -0.128. The number of anilines is 1. The van der Waals surface area contributed by atoms with Gasteiger partial charge in [-0.3, -0.25) is 4.79 Å². The third kappa shape index (κ3) is 5.63. The number of hydrogen-bond acceptors (Lipinski definition) is 3. The van der Waals surface area contributed by atoms with E-state index in [1.807, 2.05) is 49.5 Å². The van der Waals surface area contributed by atoms with Crippen molar-refractivity contribution < 1.29 is 18.5 Å². The molecular weight excluding hydrogens is 362 g/mol. The topological polar surface area (TPSA) is 83.1 Å². The van der Waals surface area contributed by atoms with Crippen LogP contribution in [0.5, 0.6) is 0 Å². The molecule has 7 heteroatoms. The van der Waals surface area contributed by atoms with E-state index in [0.29, 0.717) is 18.8 Å². The van der Waals surface area contributed by atoms with E-state index in [9.17, 15) is 13.2 Å². The number of hydrogen-bond donors (Lipinski definition) is 2. The molecule has 0 fully saturated rings. The highest BCUT2D eigenvalue weighted by Crippen LogP contribution is 2.18. The molecule has 0 aliphatic carbocycles. The minimum absolute atomic E-state index is 0.128. The van der Waals surface area contributed by atoms with Crippen LogP contribution in [0.3, 0.4) is 0 Å². The molecule has 0 saturated carbocycles. The molecule has 0 aromatic heterocycles. The highest BCUT2D eigenvalue weighted by Gasteiger charge is 2.21. The van der Waals surface area contributed by atoms with E-state index in [0.717, 1.165) is 5.56 Å². The zero-order valence-electron chi connectivity index (χ0n) is 16.1. The van der Waals surface area contributed by atoms with Crippen LogP contribution in [0.2, 0.25) is 0 Å². The Kier molecular flexibility index (Phi) is 7.53. The van der Waals surface area contributed by atoms with Gasteiger partial charge in [-0.2, -0.15) is 4.31 Å². The molecule has 0 unspecified atom stereocenters. The molecule has 1 amide bonds. The first kappa shape index (κ1) is 21.1. The maximum absolute atomic E-state index is 12.5. The third-order valence-corrected chi connectivity index (χ3v) is 6.53. The van der Waals surface area contributed by atoms with Gasteiger partial charge in [0.15, 0.2) is 6.54 Å². The molecule has 2 aromatic rings. The molecule has 3 N–H and O–H groups in total. The number of carbonyl (C=O) groups is 1. The number of nitrogens with zero attached hydrogens (tertiary/aromatic N) is 1. The summed E-state index contributed by atoms with van der Waals surface area (Å²) >= 11 is 0. The highest BCUT2D eigenvalue weighted by atomic mass is 32.2. The predicted molar refractivity (Wildman–Crippen MR) is 107 cm³/mol. The second kappa shape index (κ2) is 9.64. The Bertz CT molecular complexity index is 833. The molecule has 1 atom stereocenters. The van der Waals surface area contributed by atoms with Crippen LogP contribution in [0.25, 0.3) is 0 Å². The van der Waals surface area contributed by atoms with Crippen LogP contribution in [-0.2, 0) is 14.8 Å². The molecule has 0 heterocycles. The van der Waals surface area contributed by atoms with E-state index < -0.39 is 10.0 Å². The van der Waals surface area contributed by atoms with Gasteiger partial charge in [0.2, 0.25) is 10.0 Å². The maximum Gasteiger partial charge on any atom is 0.279 e. The maximum atomic E-state index is 12.5. The molecule has 2 aromatic carbocycles. The zero-order chi connectivity index (χ0) is 19.9. The van der Waals surface area contributed by atoms with Crippen molar-refractivity contribution in [3.63, 3.8) is 0 Å². The summed E-state index contributed by atoms with van der Waals surface area (Å²) in [5, 5.41) is 4.77. The molecule has 0 radical (unpaired) electrons. The van der Waals surface area contributed by atoms with Crippen LogP contribution in [-0.4, -0.2) is 38.3 Å². The average molecular weight is 391 g/mol. The quantitative estimate of drug-likeness (QED) is 0.687. The SMILES string of the molecule is CCN(CC)S(=O)(=O)c1ccc(NC(=O)C[NH2+][C@@H](C)c2ccccc2)cc1. The molecule has 146 valence electrons. The van der Waals surface area contributed by atoms with Gasteiger partial charge in [0.05, 0.1) is 4.90 Å². The fourth-order valence-electron chi connectivity index (χ4n) is 2.81. The fourth-order valence-corrected chi connectivity index (χ4v) is 4.27. The standard InChI is InChI=1S/C20H27N3O3S/c1-4-23(5-2)27(25,26)19-13-11-18(12-14-19)22-20(24)15-21-16(3)17-9-7-6-8-10-17/h6-14,16,21H,4-5,15H2,1-3H3,(H,22,24)/p+1/t16-/m0/s1. The van der Waals surface area contributed by atoms with Gasteiger partial charge < -0.3 is 10.6 Å². The van der Waals surface area contributed by atoms with Crippen molar-refractivity contribution in [2.45, 2.75) is 31.7 Å². The summed E-state index contributed by atoms with van der Waals surface area (Å²) in [4.78, 5) is 12.4. The van der Waals surface area contributed by atoms with Crippen molar-refractivity contribution >= 4 is 21.6 Å². The van der Waals surface area contributed by atoms with Gasteiger partial charge >= 0.3 is 0 Å². The van der Waals surface area contributed by atoms with Crippen molar-refractivity contribution in [3.8, 4) is 0 Å². The van der Waals surface area contributed by atoms with Crippen LogP contribution in [0.1, 0.15) is 32.4 Å². The number of benzene rings is 2. The Morgan fingerprint density at radius 1 is 1.04 bits per heavy atom. The minimum atomic E-state index is -3.48. The predicted octanol–water partition coefficient (Wildman–Crippen LogP) is 1.98. The number of nitrogens with two attached hydrogens (primary N) is 1. The van der Waals surface area contributed by atoms with Gasteiger partial charge in [0.1, 0.15) is 6.04 Å². The molecule has 0 aliphatic rings. The van der Waals surface area contributed by atoms with Crippen molar-refractivity contribution in [3.05, 3.63) is 60.2 Å². The molecular formula is C20H28N3O3S+. The first-order chi connectivity index (χ1) is 12.9. The Morgan fingerprint density at radius 3 is 2.19 bits per heavy atom. The number of quaternary nitrogens is 1. The van der Waals surface area contributed by atoms with Crippen LogP contribution in [0.15, 0.2) is 59.5 Å². The Hall–Kier alpha value is -2.22. The molecule has 2 rings (SSSR count). The van der Waals surface area contributed by atoms with Gasteiger partial charge in [-0.1, -0.05) is 44.2 Å². The Labute approximate surface area is 161 Å². The second-order valence-electron chi connectivity index (χ2n) is 6.30. The number of sulfonamides is 1. The lowest BCUT2D eigenvalue weighted by atomic mass is 10.1. The van der Waals surface area contributed by atoms with Crippen molar-refractivity contribution in [2.24, 2.45) is 0 Å². The monoisotopic (exact) mass is 390 g/mol. The normalized spacial score (nSPS) is 12.7. The van der Waals surface area contributed by atoms with Crippen LogP contribution in [0, 0.1) is 0 Å². The molecule has 6 nitrogen and oxygen atoms in total. The van der Waals surface area contributed by atoms with E-state index >= 15 is 0 Å². The first-order valence-electron chi connectivity index (χ1n) is 9.16. The van der Waals surface area contributed by atoms with Gasteiger partial charge in [0, 0.05) is 24.3 Å². The molecule has 27 heavy (non-hydrogen) atoms. The number of rotatable bonds is 9. The zero-order valence-corrected chi connectivity index (χ0v) is 16.9.